The molecule has 8 nitrogen and oxygen atoms in total. The van der Waals surface area contributed by atoms with Crippen molar-refractivity contribution in [2.24, 2.45) is 0 Å². The zero-order chi connectivity index (χ0) is 22.2. The number of hydrogen-bond donors (Lipinski definition) is 0. The highest BCUT2D eigenvalue weighted by Gasteiger charge is 2.28. The molecule has 5 rings (SSSR count). The maximum absolute atomic E-state index is 12.8. The predicted molar refractivity (Wildman–Crippen MR) is 120 cm³/mol. The van der Waals surface area contributed by atoms with Gasteiger partial charge in [-0.25, -0.2) is 9.50 Å². The summed E-state index contributed by atoms with van der Waals surface area (Å²) in [7, 11) is 0. The van der Waals surface area contributed by atoms with Gasteiger partial charge in [0.1, 0.15) is 0 Å². The molecule has 1 atom stereocenters. The largest absolute Gasteiger partial charge is 0.294 e. The quantitative estimate of drug-likeness (QED) is 0.235. The van der Waals surface area contributed by atoms with Crippen LogP contribution in [0.4, 0.5) is 5.69 Å². The van der Waals surface area contributed by atoms with Crippen molar-refractivity contribution < 1.29 is 9.72 Å². The van der Waals surface area contributed by atoms with Crippen molar-refractivity contribution in [3.63, 3.8) is 0 Å². The Morgan fingerprint density at radius 1 is 1.16 bits per heavy atom. The minimum Gasteiger partial charge on any atom is -0.294 e. The third-order valence-electron chi connectivity index (χ3n) is 5.40. The number of thioether (sulfide) groups is 1. The van der Waals surface area contributed by atoms with Gasteiger partial charge < -0.3 is 0 Å². The molecule has 2 aromatic heterocycles. The van der Waals surface area contributed by atoms with E-state index in [1.165, 1.54) is 28.4 Å². The molecule has 1 unspecified atom stereocenters. The van der Waals surface area contributed by atoms with Gasteiger partial charge >= 0.3 is 0 Å². The molecule has 0 saturated heterocycles. The Morgan fingerprint density at radius 3 is 2.72 bits per heavy atom. The second-order valence-electron chi connectivity index (χ2n) is 7.54. The van der Waals surface area contributed by atoms with Crippen LogP contribution in [0.2, 0.25) is 5.02 Å². The number of nitro benzene ring substituents is 1. The fourth-order valence-electron chi connectivity index (χ4n) is 3.78. The van der Waals surface area contributed by atoms with Gasteiger partial charge in [0.2, 0.25) is 5.16 Å². The lowest BCUT2D eigenvalue weighted by atomic mass is 9.82. The summed E-state index contributed by atoms with van der Waals surface area (Å²) in [5, 5.41) is 16.4. The number of rotatable bonds is 5. The molecule has 0 saturated carbocycles. The van der Waals surface area contributed by atoms with E-state index in [1.807, 2.05) is 24.3 Å². The molecule has 2 heterocycles. The van der Waals surface area contributed by atoms with Crippen LogP contribution in [0.25, 0.3) is 5.78 Å². The topological polar surface area (TPSA) is 103 Å². The van der Waals surface area contributed by atoms with Gasteiger partial charge in [0.15, 0.2) is 5.78 Å². The lowest BCUT2D eigenvalue weighted by molar-refractivity contribution is -0.384. The second kappa shape index (κ2) is 8.33. The highest BCUT2D eigenvalue weighted by Crippen LogP contribution is 2.33. The number of nitrogens with zero attached hydrogens (tertiary/aromatic N) is 5. The van der Waals surface area contributed by atoms with Crippen molar-refractivity contribution in [2.75, 3.05) is 0 Å². The van der Waals surface area contributed by atoms with Crippen LogP contribution in [0, 0.1) is 10.1 Å². The molecule has 1 aliphatic rings. The Balaban J connectivity index is 1.36. The van der Waals surface area contributed by atoms with Gasteiger partial charge in [-0.2, -0.15) is 4.98 Å². The molecule has 0 bridgehead atoms. The first-order valence-electron chi connectivity index (χ1n) is 9.87. The Hall–Kier alpha value is -3.30. The zero-order valence-corrected chi connectivity index (χ0v) is 18.2. The molecule has 1 aliphatic carbocycles. The summed E-state index contributed by atoms with van der Waals surface area (Å²) in [6.07, 6.45) is 2.74. The molecule has 0 fully saturated rings. The summed E-state index contributed by atoms with van der Waals surface area (Å²) in [5.74, 6) is 1.06. The normalized spacial score (nSPS) is 15.7. The van der Waals surface area contributed by atoms with Crippen molar-refractivity contribution in [3.05, 3.63) is 92.2 Å². The average Bonchev–Trinajstić information content (AvgIpc) is 3.18. The molecule has 160 valence electrons. The smallest absolute Gasteiger partial charge is 0.269 e. The summed E-state index contributed by atoms with van der Waals surface area (Å²) in [4.78, 5) is 32.3. The van der Waals surface area contributed by atoms with E-state index in [1.54, 1.807) is 18.3 Å². The fourth-order valence-corrected chi connectivity index (χ4v) is 4.76. The number of non-ortho nitro benzene ring substituents is 1. The third kappa shape index (κ3) is 4.09. The molecule has 0 amide bonds. The van der Waals surface area contributed by atoms with Crippen LogP contribution in [-0.2, 0) is 12.2 Å². The van der Waals surface area contributed by atoms with Gasteiger partial charge in [-0.1, -0.05) is 47.6 Å². The molecule has 0 N–H and O–H groups in total. The minimum atomic E-state index is -0.424. The minimum absolute atomic E-state index is 0.0289. The Morgan fingerprint density at radius 2 is 1.97 bits per heavy atom. The molecule has 2 aromatic carbocycles. The van der Waals surface area contributed by atoms with E-state index >= 15 is 0 Å². The van der Waals surface area contributed by atoms with Crippen molar-refractivity contribution in [2.45, 2.75) is 29.7 Å². The maximum atomic E-state index is 12.8. The molecule has 10 heteroatoms. The number of benzene rings is 2. The lowest BCUT2D eigenvalue weighted by Gasteiger charge is -2.23. The van der Waals surface area contributed by atoms with E-state index in [4.69, 9.17) is 11.6 Å². The van der Waals surface area contributed by atoms with Crippen molar-refractivity contribution in [1.29, 1.82) is 0 Å². The standard InChI is InChI=1S/C22H16ClN5O3S/c23-16-3-1-2-14(8-16)15-9-19-18(20(29)10-15)11-27-21(24-19)25-22(26-27)32-12-13-4-6-17(7-5-13)28(30)31/h1-8,11,15H,9-10,12H2. The highest BCUT2D eigenvalue weighted by atomic mass is 35.5. The average molecular weight is 466 g/mol. The number of hydrogen-bond acceptors (Lipinski definition) is 7. The summed E-state index contributed by atoms with van der Waals surface area (Å²) >= 11 is 7.53. The third-order valence-corrected chi connectivity index (χ3v) is 6.54. The van der Waals surface area contributed by atoms with Crippen LogP contribution in [0.3, 0.4) is 0 Å². The first-order valence-corrected chi connectivity index (χ1v) is 11.2. The first kappa shape index (κ1) is 20.6. The SMILES string of the molecule is O=C1CC(c2cccc(Cl)c2)Cc2nc3nc(SCc4ccc([N+](=O)[O-])cc4)nn3cc21. The Labute approximate surface area is 191 Å². The molecule has 32 heavy (non-hydrogen) atoms. The van der Waals surface area contributed by atoms with E-state index in [0.717, 1.165) is 16.8 Å². The van der Waals surface area contributed by atoms with E-state index in [-0.39, 0.29) is 17.4 Å². The number of aromatic nitrogens is 4. The number of ketones is 1. The molecular weight excluding hydrogens is 450 g/mol. The van der Waals surface area contributed by atoms with Gasteiger partial charge in [0.05, 0.1) is 16.2 Å². The predicted octanol–water partition coefficient (Wildman–Crippen LogP) is 4.89. The van der Waals surface area contributed by atoms with Crippen LogP contribution in [-0.4, -0.2) is 30.3 Å². The molecule has 0 spiro atoms. The van der Waals surface area contributed by atoms with Gasteiger partial charge in [0, 0.05) is 35.5 Å². The molecule has 4 aromatic rings. The maximum Gasteiger partial charge on any atom is 0.269 e. The summed E-state index contributed by atoms with van der Waals surface area (Å²) in [6, 6.07) is 14.0. The lowest BCUT2D eigenvalue weighted by Crippen LogP contribution is -2.21. The van der Waals surface area contributed by atoms with Crippen LogP contribution >= 0.6 is 23.4 Å². The number of carbonyl (C=O) groups excluding carboxylic acids is 1. The van der Waals surface area contributed by atoms with Gasteiger partial charge in [-0.3, -0.25) is 14.9 Å². The van der Waals surface area contributed by atoms with Crippen LogP contribution < -0.4 is 0 Å². The molecular formula is C22H16ClN5O3S. The van der Waals surface area contributed by atoms with E-state index in [9.17, 15) is 14.9 Å². The van der Waals surface area contributed by atoms with Crippen LogP contribution in [0.1, 0.15) is 39.5 Å². The second-order valence-corrected chi connectivity index (χ2v) is 8.91. The van der Waals surface area contributed by atoms with E-state index in [0.29, 0.717) is 40.1 Å². The zero-order valence-electron chi connectivity index (χ0n) is 16.6. The molecule has 0 radical (unpaired) electrons. The molecule has 0 aliphatic heterocycles. The van der Waals surface area contributed by atoms with E-state index < -0.39 is 4.92 Å². The van der Waals surface area contributed by atoms with Crippen molar-refractivity contribution in [3.8, 4) is 0 Å². The highest BCUT2D eigenvalue weighted by molar-refractivity contribution is 7.98. The fraction of sp³-hybridized carbons (Fsp3) is 0.182. The Kier molecular flexibility index (Phi) is 5.36. The van der Waals surface area contributed by atoms with Gasteiger partial charge in [-0.15, -0.1) is 5.10 Å². The summed E-state index contributed by atoms with van der Waals surface area (Å²) in [6.45, 7) is 0. The van der Waals surface area contributed by atoms with Crippen LogP contribution in [0.5, 0.6) is 0 Å². The summed E-state index contributed by atoms with van der Waals surface area (Å²) < 4.78 is 1.54. The summed E-state index contributed by atoms with van der Waals surface area (Å²) in [5.41, 5.74) is 3.30. The van der Waals surface area contributed by atoms with E-state index in [2.05, 4.69) is 15.1 Å². The Bertz CT molecular complexity index is 1360. The van der Waals surface area contributed by atoms with Gasteiger partial charge in [0.25, 0.3) is 11.5 Å². The number of halogens is 1. The number of fused-ring (bicyclic) bond motifs is 2. The van der Waals surface area contributed by atoms with Crippen molar-refractivity contribution >= 4 is 40.6 Å². The number of carbonyl (C=O) groups is 1. The number of Topliss-reactive ketones (excluding diaryl/α,β-unsaturated/α-hetero) is 1. The number of nitro groups is 1. The van der Waals surface area contributed by atoms with Crippen molar-refractivity contribution in [1.82, 2.24) is 19.6 Å². The van der Waals surface area contributed by atoms with Crippen LogP contribution in [0.15, 0.2) is 59.9 Å². The van der Waals surface area contributed by atoms with Gasteiger partial charge in [-0.05, 0) is 35.6 Å². The monoisotopic (exact) mass is 465 g/mol. The first-order chi connectivity index (χ1) is 15.5.